The third-order valence-electron chi connectivity index (χ3n) is 4.03. The van der Waals surface area contributed by atoms with E-state index < -0.39 is 12.1 Å². The second-order valence-corrected chi connectivity index (χ2v) is 7.97. The van der Waals surface area contributed by atoms with Crippen LogP contribution in [0.2, 0.25) is 0 Å². The lowest BCUT2D eigenvalue weighted by molar-refractivity contribution is -0.312. The van der Waals surface area contributed by atoms with Gasteiger partial charge in [0.15, 0.2) is 16.7 Å². The number of ether oxygens (including phenoxy) is 2. The van der Waals surface area contributed by atoms with E-state index in [4.69, 9.17) is 14.9 Å². The number of carbonyl (C=O) groups is 2. The zero-order chi connectivity index (χ0) is 21.1. The van der Waals surface area contributed by atoms with Gasteiger partial charge in [-0.15, -0.1) is 0 Å². The van der Waals surface area contributed by atoms with Gasteiger partial charge in [-0.1, -0.05) is 22.0 Å². The highest BCUT2D eigenvalue weighted by Crippen LogP contribution is 2.37. The molecule has 1 aliphatic rings. The Morgan fingerprint density at radius 3 is 2.55 bits per heavy atom. The number of carboxylic acid groups (broad SMARTS) is 1. The van der Waals surface area contributed by atoms with Gasteiger partial charge in [0.2, 0.25) is 0 Å². The summed E-state index contributed by atoms with van der Waals surface area (Å²) >= 11 is 4.41. The average Bonchev–Trinajstić information content (AvgIpc) is 2.96. The lowest BCUT2D eigenvalue weighted by Crippen LogP contribution is -2.37. The molecule has 9 heteroatoms. The van der Waals surface area contributed by atoms with Crippen LogP contribution in [-0.4, -0.2) is 30.3 Å². The molecule has 2 aromatic carbocycles. The van der Waals surface area contributed by atoms with Gasteiger partial charge in [-0.3, -0.25) is 15.1 Å². The van der Waals surface area contributed by atoms with Gasteiger partial charge in [0.1, 0.15) is 6.10 Å². The maximum absolute atomic E-state index is 12.8. The fourth-order valence-corrected chi connectivity index (χ4v) is 3.70. The van der Waals surface area contributed by atoms with Crippen LogP contribution in [0.4, 0.5) is 5.69 Å². The zero-order valence-electron chi connectivity index (χ0n) is 15.5. The second kappa shape index (κ2) is 8.71. The lowest BCUT2D eigenvalue weighted by atomic mass is 10.1. The largest absolute Gasteiger partial charge is 0.546 e. The number of carbonyl (C=O) groups excluding carboxylic acids is 2. The summed E-state index contributed by atoms with van der Waals surface area (Å²) < 4.78 is 11.5. The van der Waals surface area contributed by atoms with Crippen molar-refractivity contribution in [1.29, 1.82) is 5.41 Å². The summed E-state index contributed by atoms with van der Waals surface area (Å²) in [6.07, 6.45) is 0.509. The van der Waals surface area contributed by atoms with E-state index in [0.29, 0.717) is 21.9 Å². The Kier molecular flexibility index (Phi) is 6.29. The summed E-state index contributed by atoms with van der Waals surface area (Å²) in [6, 6.07) is 12.0. The van der Waals surface area contributed by atoms with Gasteiger partial charge >= 0.3 is 0 Å². The number of nitrogens with one attached hydrogen (secondary N) is 1. The van der Waals surface area contributed by atoms with Gasteiger partial charge in [-0.25, -0.2) is 0 Å². The summed E-state index contributed by atoms with van der Waals surface area (Å²) in [5.74, 6) is -1.06. The van der Waals surface area contributed by atoms with Crippen LogP contribution in [0, 0.1) is 5.41 Å². The van der Waals surface area contributed by atoms with Crippen molar-refractivity contribution >= 4 is 56.5 Å². The van der Waals surface area contributed by atoms with Crippen molar-refractivity contribution in [1.82, 2.24) is 0 Å². The van der Waals surface area contributed by atoms with E-state index >= 15 is 0 Å². The van der Waals surface area contributed by atoms with Gasteiger partial charge in [-0.2, -0.15) is 0 Å². The first-order chi connectivity index (χ1) is 13.8. The predicted molar refractivity (Wildman–Crippen MR) is 113 cm³/mol. The van der Waals surface area contributed by atoms with Gasteiger partial charge < -0.3 is 19.4 Å². The molecule has 0 aromatic heterocycles. The van der Waals surface area contributed by atoms with Crippen molar-refractivity contribution < 1.29 is 24.2 Å². The van der Waals surface area contributed by atoms with Crippen LogP contribution in [0.5, 0.6) is 11.5 Å². The fourth-order valence-electron chi connectivity index (χ4n) is 2.57. The average molecular weight is 476 g/mol. The van der Waals surface area contributed by atoms with E-state index in [1.807, 2.05) is 0 Å². The smallest absolute Gasteiger partial charge is 0.271 e. The molecule has 0 bridgehead atoms. The minimum absolute atomic E-state index is 0.110. The summed E-state index contributed by atoms with van der Waals surface area (Å²) in [6.45, 7) is 1.36. The number of amidine groups is 1. The number of halogens is 1. The highest BCUT2D eigenvalue weighted by Gasteiger charge is 2.33. The van der Waals surface area contributed by atoms with Crippen molar-refractivity contribution in [3.05, 3.63) is 57.4 Å². The first-order valence-corrected chi connectivity index (χ1v) is 10.0. The molecule has 1 fully saturated rings. The summed E-state index contributed by atoms with van der Waals surface area (Å²) in [4.78, 5) is 25.4. The third-order valence-corrected chi connectivity index (χ3v) is 5.45. The number of thioether (sulfide) groups is 1. The monoisotopic (exact) mass is 475 g/mol. The number of anilines is 1. The molecule has 0 aliphatic carbocycles. The molecule has 0 radical (unpaired) electrons. The number of aliphatic carboxylic acids is 1. The van der Waals surface area contributed by atoms with E-state index in [2.05, 4.69) is 15.9 Å². The van der Waals surface area contributed by atoms with Crippen LogP contribution >= 0.6 is 27.7 Å². The zero-order valence-corrected chi connectivity index (χ0v) is 17.9. The molecule has 0 saturated carbocycles. The minimum atomic E-state index is -1.34. The summed E-state index contributed by atoms with van der Waals surface area (Å²) in [5.41, 5.74) is 1.26. The Balaban J connectivity index is 1.86. The second-order valence-electron chi connectivity index (χ2n) is 6.02. The first-order valence-electron chi connectivity index (χ1n) is 8.44. The van der Waals surface area contributed by atoms with Crippen LogP contribution < -0.4 is 19.5 Å². The maximum Gasteiger partial charge on any atom is 0.271 e. The quantitative estimate of drug-likeness (QED) is 0.644. The number of amides is 1. The van der Waals surface area contributed by atoms with E-state index in [1.165, 1.54) is 18.9 Å². The number of methoxy groups -OCH3 is 1. The molecule has 0 spiro atoms. The molecule has 2 aromatic rings. The molecular weight excluding hydrogens is 460 g/mol. The Morgan fingerprint density at radius 1 is 1.24 bits per heavy atom. The van der Waals surface area contributed by atoms with Crippen LogP contribution in [0.3, 0.4) is 0 Å². The number of benzene rings is 2. The van der Waals surface area contributed by atoms with Gasteiger partial charge in [-0.05, 0) is 66.7 Å². The number of hydrogen-bond donors (Lipinski definition) is 1. The Bertz CT molecular complexity index is 1010. The highest BCUT2D eigenvalue weighted by atomic mass is 79.9. The van der Waals surface area contributed by atoms with E-state index in [1.54, 1.807) is 48.5 Å². The van der Waals surface area contributed by atoms with Crippen molar-refractivity contribution in [2.75, 3.05) is 12.0 Å². The molecule has 0 unspecified atom stereocenters. The molecule has 3 rings (SSSR count). The molecule has 1 aliphatic heterocycles. The number of hydrogen-bond acceptors (Lipinski definition) is 7. The molecule has 7 nitrogen and oxygen atoms in total. The van der Waals surface area contributed by atoms with Crippen molar-refractivity contribution in [2.45, 2.75) is 13.0 Å². The predicted octanol–water partition coefficient (Wildman–Crippen LogP) is 3.03. The molecular formula is C20H16BrN2O5S-. The first kappa shape index (κ1) is 20.9. The standard InChI is InChI=1S/C20H17BrN2O5S/c1-11(19(25)26)28-15-8-3-12(9-16(15)27-2)10-17-18(24)23(20(22)29-17)14-6-4-13(21)5-7-14/h3-11,22H,1-2H3,(H,25,26)/p-1/b17-10-,22-20?/t11-/m1/s1. The highest BCUT2D eigenvalue weighted by molar-refractivity contribution is 9.10. The molecule has 1 N–H and O–H groups in total. The number of nitrogens with zero attached hydrogens (tertiary/aromatic N) is 1. The SMILES string of the molecule is COc1cc(/C=C2\SC(=N)N(c3ccc(Br)cc3)C2=O)ccc1O[C@H](C)C(=O)[O-]. The normalized spacial score (nSPS) is 16.2. The Hall–Kier alpha value is -2.78. The van der Waals surface area contributed by atoms with E-state index in [-0.39, 0.29) is 16.8 Å². The van der Waals surface area contributed by atoms with Crippen LogP contribution in [0.25, 0.3) is 6.08 Å². The van der Waals surface area contributed by atoms with Crippen molar-refractivity contribution in [3.63, 3.8) is 0 Å². The Labute approximate surface area is 179 Å². The Morgan fingerprint density at radius 2 is 1.93 bits per heavy atom. The van der Waals surface area contributed by atoms with Crippen LogP contribution in [-0.2, 0) is 9.59 Å². The topological polar surface area (TPSA) is 103 Å². The molecule has 1 heterocycles. The van der Waals surface area contributed by atoms with Gasteiger partial charge in [0.25, 0.3) is 5.91 Å². The van der Waals surface area contributed by atoms with Crippen molar-refractivity contribution in [3.8, 4) is 11.5 Å². The molecule has 1 amide bonds. The maximum atomic E-state index is 12.8. The van der Waals surface area contributed by atoms with Crippen molar-refractivity contribution in [2.24, 2.45) is 0 Å². The summed E-state index contributed by atoms with van der Waals surface area (Å²) in [7, 11) is 1.43. The van der Waals surface area contributed by atoms with Crippen LogP contribution in [0.15, 0.2) is 51.8 Å². The molecule has 1 saturated heterocycles. The minimum Gasteiger partial charge on any atom is -0.546 e. The molecule has 1 atom stereocenters. The van der Waals surface area contributed by atoms with Gasteiger partial charge in [0.05, 0.1) is 23.7 Å². The van der Waals surface area contributed by atoms with Gasteiger partial charge in [0, 0.05) is 4.47 Å². The van der Waals surface area contributed by atoms with E-state index in [9.17, 15) is 14.7 Å². The molecule has 150 valence electrons. The van der Waals surface area contributed by atoms with E-state index in [0.717, 1.165) is 16.2 Å². The fraction of sp³-hybridized carbons (Fsp3) is 0.150. The third kappa shape index (κ3) is 4.63. The molecule has 29 heavy (non-hydrogen) atoms. The lowest BCUT2D eigenvalue weighted by Gasteiger charge is -2.17. The number of carboxylic acids is 1. The summed E-state index contributed by atoms with van der Waals surface area (Å²) in [5, 5.41) is 19.2. The number of rotatable bonds is 6. The van der Waals surface area contributed by atoms with Crippen LogP contribution in [0.1, 0.15) is 12.5 Å².